The predicted molar refractivity (Wildman–Crippen MR) is 79.6 cm³/mol. The Bertz CT molecular complexity index is 791. The number of aryl methyl sites for hydroxylation is 1. The van der Waals surface area contributed by atoms with Crippen molar-refractivity contribution >= 4 is 45.7 Å². The molecule has 1 N–H and O–H groups in total. The third-order valence-corrected chi connectivity index (χ3v) is 3.14. The van der Waals surface area contributed by atoms with Crippen molar-refractivity contribution in [3.05, 3.63) is 46.6 Å². The molecule has 0 fully saturated rings. The molecule has 100 valence electrons. The highest BCUT2D eigenvalue weighted by atomic mass is 35.5. The number of fused-ring (bicyclic) bond motifs is 1. The first-order chi connectivity index (χ1) is 9.63. The molecule has 0 saturated heterocycles. The standard InChI is InChI=1S/C13H9Cl2N5/c1-7-3-2-4-8(5-7)18-12-10-9(19-13(15)20-12)11(14)17-6-16-10/h2-6H,1H3,(H,18,19,20). The van der Waals surface area contributed by atoms with Crippen LogP contribution in [0, 0.1) is 6.92 Å². The SMILES string of the molecule is Cc1cccc(Nc2nc(Cl)nc3c(Cl)ncnc23)c1. The van der Waals surface area contributed by atoms with E-state index in [2.05, 4.69) is 25.3 Å². The zero-order valence-corrected chi connectivity index (χ0v) is 11.9. The molecule has 2 aromatic heterocycles. The number of benzene rings is 1. The van der Waals surface area contributed by atoms with Gasteiger partial charge in [-0.2, -0.15) is 4.98 Å². The fraction of sp³-hybridized carbons (Fsp3) is 0.0769. The first-order valence-electron chi connectivity index (χ1n) is 5.81. The van der Waals surface area contributed by atoms with E-state index in [0.29, 0.717) is 16.9 Å². The summed E-state index contributed by atoms with van der Waals surface area (Å²) in [5.41, 5.74) is 2.96. The molecular formula is C13H9Cl2N5. The maximum absolute atomic E-state index is 6.00. The number of hydrogen-bond acceptors (Lipinski definition) is 5. The lowest BCUT2D eigenvalue weighted by molar-refractivity contribution is 1.15. The normalized spacial score (nSPS) is 10.8. The first-order valence-corrected chi connectivity index (χ1v) is 6.56. The van der Waals surface area contributed by atoms with Crippen LogP contribution in [0.15, 0.2) is 30.6 Å². The molecule has 0 radical (unpaired) electrons. The highest BCUT2D eigenvalue weighted by Gasteiger charge is 2.11. The van der Waals surface area contributed by atoms with Gasteiger partial charge in [0.05, 0.1) is 0 Å². The molecule has 0 atom stereocenters. The maximum atomic E-state index is 6.00. The minimum Gasteiger partial charge on any atom is -0.338 e. The molecule has 5 nitrogen and oxygen atoms in total. The van der Waals surface area contributed by atoms with Crippen LogP contribution in [-0.2, 0) is 0 Å². The van der Waals surface area contributed by atoms with Crippen LogP contribution in [0.2, 0.25) is 10.4 Å². The van der Waals surface area contributed by atoms with Crippen molar-refractivity contribution in [2.75, 3.05) is 5.32 Å². The van der Waals surface area contributed by atoms with Crippen molar-refractivity contribution < 1.29 is 0 Å². The van der Waals surface area contributed by atoms with E-state index in [0.717, 1.165) is 11.3 Å². The molecule has 0 bridgehead atoms. The molecular weight excluding hydrogens is 297 g/mol. The molecule has 3 aromatic rings. The summed E-state index contributed by atoms with van der Waals surface area (Å²) in [6, 6.07) is 7.88. The van der Waals surface area contributed by atoms with Gasteiger partial charge in [0.1, 0.15) is 17.4 Å². The Balaban J connectivity index is 2.14. The van der Waals surface area contributed by atoms with Crippen LogP contribution in [0.4, 0.5) is 11.5 Å². The molecule has 0 aliphatic carbocycles. The van der Waals surface area contributed by atoms with Gasteiger partial charge in [-0.3, -0.25) is 0 Å². The van der Waals surface area contributed by atoms with Crippen LogP contribution >= 0.6 is 23.2 Å². The van der Waals surface area contributed by atoms with Crippen molar-refractivity contribution in [1.29, 1.82) is 0 Å². The summed E-state index contributed by atoms with van der Waals surface area (Å²) < 4.78 is 0. The first kappa shape index (κ1) is 13.0. The van der Waals surface area contributed by atoms with Crippen LogP contribution in [0.5, 0.6) is 0 Å². The fourth-order valence-electron chi connectivity index (χ4n) is 1.84. The lowest BCUT2D eigenvalue weighted by Crippen LogP contribution is -2.00. The summed E-state index contributed by atoms with van der Waals surface area (Å²) in [5, 5.41) is 3.50. The van der Waals surface area contributed by atoms with E-state index in [1.54, 1.807) is 0 Å². The van der Waals surface area contributed by atoms with Gasteiger partial charge in [0, 0.05) is 5.69 Å². The molecule has 2 heterocycles. The van der Waals surface area contributed by atoms with E-state index in [1.165, 1.54) is 6.33 Å². The molecule has 1 aromatic carbocycles. The van der Waals surface area contributed by atoms with Gasteiger partial charge >= 0.3 is 0 Å². The Morgan fingerprint density at radius 1 is 1.05 bits per heavy atom. The van der Waals surface area contributed by atoms with Gasteiger partial charge in [-0.15, -0.1) is 0 Å². The molecule has 0 spiro atoms. The second-order valence-corrected chi connectivity index (χ2v) is 4.89. The summed E-state index contributed by atoms with van der Waals surface area (Å²) in [5.74, 6) is 0.495. The Labute approximate surface area is 125 Å². The van der Waals surface area contributed by atoms with Gasteiger partial charge < -0.3 is 5.32 Å². The molecule has 0 amide bonds. The van der Waals surface area contributed by atoms with Gasteiger partial charge in [0.15, 0.2) is 11.0 Å². The lowest BCUT2D eigenvalue weighted by atomic mass is 10.2. The van der Waals surface area contributed by atoms with Crippen molar-refractivity contribution in [1.82, 2.24) is 19.9 Å². The number of anilines is 2. The number of hydrogen-bond donors (Lipinski definition) is 1. The Morgan fingerprint density at radius 2 is 1.90 bits per heavy atom. The topological polar surface area (TPSA) is 63.6 Å². The third kappa shape index (κ3) is 2.50. The van der Waals surface area contributed by atoms with Crippen molar-refractivity contribution in [3.63, 3.8) is 0 Å². The van der Waals surface area contributed by atoms with E-state index in [9.17, 15) is 0 Å². The second kappa shape index (κ2) is 5.19. The Hall–Kier alpha value is -1.98. The number of halogens is 2. The molecule has 7 heteroatoms. The van der Waals surface area contributed by atoms with Gasteiger partial charge in [0.2, 0.25) is 5.28 Å². The van der Waals surface area contributed by atoms with Gasteiger partial charge in [-0.25, -0.2) is 15.0 Å². The Morgan fingerprint density at radius 3 is 2.70 bits per heavy atom. The molecule has 0 aliphatic rings. The summed E-state index contributed by atoms with van der Waals surface area (Å²) in [6.45, 7) is 2.01. The molecule has 20 heavy (non-hydrogen) atoms. The predicted octanol–water partition coefficient (Wildman–Crippen LogP) is 3.78. The highest BCUT2D eigenvalue weighted by molar-refractivity contribution is 6.34. The van der Waals surface area contributed by atoms with E-state index < -0.39 is 0 Å². The van der Waals surface area contributed by atoms with Crippen LogP contribution < -0.4 is 5.32 Å². The third-order valence-electron chi connectivity index (χ3n) is 2.69. The largest absolute Gasteiger partial charge is 0.338 e. The monoisotopic (exact) mass is 305 g/mol. The quantitative estimate of drug-likeness (QED) is 0.576. The van der Waals surface area contributed by atoms with E-state index >= 15 is 0 Å². The van der Waals surface area contributed by atoms with Gasteiger partial charge in [0.25, 0.3) is 0 Å². The zero-order chi connectivity index (χ0) is 14.1. The minimum atomic E-state index is 0.0874. The van der Waals surface area contributed by atoms with E-state index in [1.807, 2.05) is 31.2 Å². The lowest BCUT2D eigenvalue weighted by Gasteiger charge is -2.09. The second-order valence-electron chi connectivity index (χ2n) is 4.20. The van der Waals surface area contributed by atoms with E-state index in [-0.39, 0.29) is 10.4 Å². The number of aromatic nitrogens is 4. The van der Waals surface area contributed by atoms with Gasteiger partial charge in [-0.05, 0) is 36.2 Å². The number of nitrogens with zero attached hydrogens (tertiary/aromatic N) is 4. The van der Waals surface area contributed by atoms with Crippen molar-refractivity contribution in [2.24, 2.45) is 0 Å². The summed E-state index contributed by atoms with van der Waals surface area (Å²) >= 11 is 11.9. The maximum Gasteiger partial charge on any atom is 0.225 e. The average molecular weight is 306 g/mol. The number of nitrogens with one attached hydrogen (secondary N) is 1. The minimum absolute atomic E-state index is 0.0874. The van der Waals surface area contributed by atoms with E-state index in [4.69, 9.17) is 23.2 Å². The fourth-order valence-corrected chi connectivity index (χ4v) is 2.18. The number of rotatable bonds is 2. The smallest absolute Gasteiger partial charge is 0.225 e. The van der Waals surface area contributed by atoms with Crippen LogP contribution in [0.3, 0.4) is 0 Å². The summed E-state index contributed by atoms with van der Waals surface area (Å²) in [4.78, 5) is 16.3. The summed E-state index contributed by atoms with van der Waals surface area (Å²) in [6.07, 6.45) is 1.36. The van der Waals surface area contributed by atoms with Crippen LogP contribution in [-0.4, -0.2) is 19.9 Å². The highest BCUT2D eigenvalue weighted by Crippen LogP contribution is 2.26. The summed E-state index contributed by atoms with van der Waals surface area (Å²) in [7, 11) is 0. The molecule has 0 unspecified atom stereocenters. The van der Waals surface area contributed by atoms with Crippen molar-refractivity contribution in [3.8, 4) is 0 Å². The molecule has 0 aliphatic heterocycles. The van der Waals surface area contributed by atoms with Crippen molar-refractivity contribution in [2.45, 2.75) is 6.92 Å². The zero-order valence-electron chi connectivity index (χ0n) is 10.4. The Kier molecular flexibility index (Phi) is 3.38. The van der Waals surface area contributed by atoms with Crippen LogP contribution in [0.1, 0.15) is 5.56 Å². The van der Waals surface area contributed by atoms with Crippen LogP contribution in [0.25, 0.3) is 11.0 Å². The average Bonchev–Trinajstić information content (AvgIpc) is 2.40. The molecule has 0 saturated carbocycles. The van der Waals surface area contributed by atoms with Gasteiger partial charge in [-0.1, -0.05) is 23.7 Å². The molecule has 3 rings (SSSR count).